The molecule has 0 radical (unpaired) electrons. The van der Waals surface area contributed by atoms with Crippen LogP contribution in [0, 0.1) is 5.82 Å². The first-order chi connectivity index (χ1) is 7.50. The van der Waals surface area contributed by atoms with Crippen LogP contribution in [0.2, 0.25) is 5.02 Å². The van der Waals surface area contributed by atoms with Crippen molar-refractivity contribution in [1.29, 1.82) is 0 Å². The zero-order chi connectivity index (χ0) is 11.8. The van der Waals surface area contributed by atoms with E-state index in [1.165, 1.54) is 12.3 Å². The molecule has 0 unspecified atom stereocenters. The minimum Gasteiger partial charge on any atom is -0.377 e. The fourth-order valence-electron chi connectivity index (χ4n) is 1.86. The Labute approximate surface area is 99.2 Å². The minimum absolute atomic E-state index is 0.250. The molecule has 1 aliphatic rings. The van der Waals surface area contributed by atoms with E-state index in [9.17, 15) is 4.39 Å². The molecule has 5 heteroatoms. The third-order valence-electron chi connectivity index (χ3n) is 2.69. The second kappa shape index (κ2) is 4.18. The maximum absolute atomic E-state index is 13.7. The van der Waals surface area contributed by atoms with E-state index in [-0.39, 0.29) is 11.4 Å². The molecule has 0 N–H and O–H groups in total. The molecule has 0 saturated carbocycles. The van der Waals surface area contributed by atoms with E-state index in [2.05, 4.69) is 4.98 Å². The van der Waals surface area contributed by atoms with Crippen LogP contribution in [0.1, 0.15) is 13.8 Å². The molecule has 1 aromatic rings. The predicted octanol–water partition coefficient (Wildman–Crippen LogP) is 2.49. The second-order valence-corrected chi connectivity index (χ2v) is 4.91. The van der Waals surface area contributed by atoms with Gasteiger partial charge in [-0.3, -0.25) is 0 Å². The van der Waals surface area contributed by atoms with Gasteiger partial charge in [0.2, 0.25) is 0 Å². The van der Waals surface area contributed by atoms with Crippen molar-refractivity contribution in [2.75, 3.05) is 24.7 Å². The lowest BCUT2D eigenvalue weighted by molar-refractivity contribution is 0.0634. The Morgan fingerprint density at radius 1 is 1.56 bits per heavy atom. The third kappa shape index (κ3) is 2.13. The maximum atomic E-state index is 13.7. The number of rotatable bonds is 1. The van der Waals surface area contributed by atoms with Gasteiger partial charge in [0.1, 0.15) is 0 Å². The summed E-state index contributed by atoms with van der Waals surface area (Å²) in [6.45, 7) is 5.80. The van der Waals surface area contributed by atoms with Crippen LogP contribution >= 0.6 is 11.6 Å². The van der Waals surface area contributed by atoms with Crippen molar-refractivity contribution >= 4 is 17.4 Å². The molecule has 1 aromatic heterocycles. The van der Waals surface area contributed by atoms with Crippen LogP contribution in [0.15, 0.2) is 12.3 Å². The van der Waals surface area contributed by atoms with Gasteiger partial charge in [0.15, 0.2) is 11.6 Å². The molecule has 0 atom stereocenters. The summed E-state index contributed by atoms with van der Waals surface area (Å²) in [5, 5.41) is 0.312. The van der Waals surface area contributed by atoms with Crippen molar-refractivity contribution in [3.63, 3.8) is 0 Å². The van der Waals surface area contributed by atoms with Gasteiger partial charge in [0.05, 0.1) is 23.8 Å². The molecule has 0 amide bonds. The number of nitrogens with zero attached hydrogens (tertiary/aromatic N) is 2. The van der Waals surface area contributed by atoms with Crippen molar-refractivity contribution in [2.24, 2.45) is 0 Å². The Hall–Kier alpha value is -0.870. The van der Waals surface area contributed by atoms with Gasteiger partial charge in [-0.15, -0.1) is 0 Å². The monoisotopic (exact) mass is 244 g/mol. The summed E-state index contributed by atoms with van der Waals surface area (Å²) in [7, 11) is 0. The normalized spacial score (nSPS) is 19.9. The topological polar surface area (TPSA) is 25.4 Å². The van der Waals surface area contributed by atoms with Gasteiger partial charge in [0.25, 0.3) is 0 Å². The predicted molar refractivity (Wildman–Crippen MR) is 61.4 cm³/mol. The summed E-state index contributed by atoms with van der Waals surface area (Å²) in [5.41, 5.74) is -0.250. The van der Waals surface area contributed by atoms with Crippen molar-refractivity contribution in [3.8, 4) is 0 Å². The number of morpholine rings is 1. The van der Waals surface area contributed by atoms with Crippen LogP contribution in [-0.4, -0.2) is 30.3 Å². The first kappa shape index (κ1) is 11.6. The van der Waals surface area contributed by atoms with E-state index < -0.39 is 0 Å². The molecule has 1 saturated heterocycles. The van der Waals surface area contributed by atoms with Crippen molar-refractivity contribution in [2.45, 2.75) is 19.4 Å². The molecule has 1 aliphatic heterocycles. The lowest BCUT2D eigenvalue weighted by Crippen LogP contribution is -2.53. The summed E-state index contributed by atoms with van der Waals surface area (Å²) >= 11 is 5.68. The summed E-state index contributed by atoms with van der Waals surface area (Å²) in [6.07, 6.45) is 1.46. The van der Waals surface area contributed by atoms with Gasteiger partial charge in [-0.2, -0.15) is 0 Å². The smallest absolute Gasteiger partial charge is 0.167 e. The van der Waals surface area contributed by atoms with Crippen LogP contribution in [0.5, 0.6) is 0 Å². The van der Waals surface area contributed by atoms with E-state index in [0.29, 0.717) is 30.6 Å². The van der Waals surface area contributed by atoms with Gasteiger partial charge < -0.3 is 9.64 Å². The molecule has 3 nitrogen and oxygen atoms in total. The molecular formula is C11H14ClFN2O. The minimum atomic E-state index is -0.387. The zero-order valence-electron chi connectivity index (χ0n) is 9.33. The van der Waals surface area contributed by atoms with Gasteiger partial charge in [-0.25, -0.2) is 9.37 Å². The number of pyridine rings is 1. The molecular weight excluding hydrogens is 231 g/mol. The maximum Gasteiger partial charge on any atom is 0.167 e. The summed E-state index contributed by atoms with van der Waals surface area (Å²) in [5.74, 6) is -0.0415. The number of halogens is 2. The number of hydrogen-bond acceptors (Lipinski definition) is 3. The summed E-state index contributed by atoms with van der Waals surface area (Å²) in [4.78, 5) is 5.98. The summed E-state index contributed by atoms with van der Waals surface area (Å²) in [6, 6.07) is 1.29. The van der Waals surface area contributed by atoms with E-state index in [1.54, 1.807) is 0 Å². The van der Waals surface area contributed by atoms with E-state index >= 15 is 0 Å². The third-order valence-corrected chi connectivity index (χ3v) is 2.90. The van der Waals surface area contributed by atoms with Gasteiger partial charge >= 0.3 is 0 Å². The first-order valence-electron chi connectivity index (χ1n) is 5.17. The van der Waals surface area contributed by atoms with E-state index in [1.807, 2.05) is 18.7 Å². The molecule has 1 fully saturated rings. The Morgan fingerprint density at radius 3 is 2.94 bits per heavy atom. The Kier molecular flexibility index (Phi) is 3.04. The number of anilines is 1. The van der Waals surface area contributed by atoms with Gasteiger partial charge in [-0.1, -0.05) is 11.6 Å². The molecule has 0 bridgehead atoms. The van der Waals surface area contributed by atoms with E-state index in [0.717, 1.165) is 0 Å². The quantitative estimate of drug-likeness (QED) is 0.759. The first-order valence-corrected chi connectivity index (χ1v) is 5.55. The van der Waals surface area contributed by atoms with Crippen LogP contribution in [0.3, 0.4) is 0 Å². The molecule has 0 spiro atoms. The standard InChI is InChI=1S/C11H14ClFN2O/c1-11(2)7-16-4-3-15(11)10-9(13)5-8(12)6-14-10/h5-6H,3-4,7H2,1-2H3. The number of aromatic nitrogens is 1. The molecule has 16 heavy (non-hydrogen) atoms. The Bertz CT molecular complexity index is 398. The second-order valence-electron chi connectivity index (χ2n) is 4.48. The highest BCUT2D eigenvalue weighted by atomic mass is 35.5. The highest BCUT2D eigenvalue weighted by Crippen LogP contribution is 2.28. The van der Waals surface area contributed by atoms with Crippen LogP contribution in [0.25, 0.3) is 0 Å². The zero-order valence-corrected chi connectivity index (χ0v) is 10.1. The van der Waals surface area contributed by atoms with Gasteiger partial charge in [-0.05, 0) is 19.9 Å². The molecule has 2 heterocycles. The van der Waals surface area contributed by atoms with Crippen LogP contribution in [0.4, 0.5) is 10.2 Å². The average molecular weight is 245 g/mol. The highest BCUT2D eigenvalue weighted by Gasteiger charge is 2.33. The number of hydrogen-bond donors (Lipinski definition) is 0. The van der Waals surface area contributed by atoms with Crippen LogP contribution in [-0.2, 0) is 4.74 Å². The summed E-state index contributed by atoms with van der Waals surface area (Å²) < 4.78 is 19.1. The van der Waals surface area contributed by atoms with Crippen molar-refractivity contribution in [1.82, 2.24) is 4.98 Å². The fourth-order valence-corrected chi connectivity index (χ4v) is 2.00. The lowest BCUT2D eigenvalue weighted by Gasteiger charge is -2.42. The molecule has 0 aromatic carbocycles. The Balaban J connectivity index is 2.35. The molecule has 88 valence electrons. The molecule has 2 rings (SSSR count). The van der Waals surface area contributed by atoms with Crippen molar-refractivity contribution in [3.05, 3.63) is 23.1 Å². The van der Waals surface area contributed by atoms with Crippen molar-refractivity contribution < 1.29 is 9.13 Å². The van der Waals surface area contributed by atoms with Crippen LogP contribution < -0.4 is 4.90 Å². The number of ether oxygens (including phenoxy) is 1. The Morgan fingerprint density at radius 2 is 2.31 bits per heavy atom. The largest absolute Gasteiger partial charge is 0.377 e. The van der Waals surface area contributed by atoms with Gasteiger partial charge in [0, 0.05) is 12.7 Å². The lowest BCUT2D eigenvalue weighted by atomic mass is 10.0. The average Bonchev–Trinajstić information content (AvgIpc) is 2.19. The SMILES string of the molecule is CC1(C)COCCN1c1ncc(Cl)cc1F. The molecule has 0 aliphatic carbocycles. The van der Waals surface area contributed by atoms with E-state index in [4.69, 9.17) is 16.3 Å². The fraction of sp³-hybridized carbons (Fsp3) is 0.545. The highest BCUT2D eigenvalue weighted by molar-refractivity contribution is 6.30.